The highest BCUT2D eigenvalue weighted by atomic mass is 15.2. The molecule has 0 aromatic carbocycles. The van der Waals surface area contributed by atoms with Crippen molar-refractivity contribution in [1.82, 2.24) is 4.90 Å². The molecule has 1 saturated heterocycles. The monoisotopic (exact) mass is 181 g/mol. The van der Waals surface area contributed by atoms with Crippen LogP contribution in [0.4, 0.5) is 0 Å². The topological polar surface area (TPSA) is 3.24 Å². The average molecular weight is 181 g/mol. The Bertz CT molecular complexity index is 143. The number of hydrogen-bond donors (Lipinski definition) is 0. The van der Waals surface area contributed by atoms with E-state index < -0.39 is 0 Å². The van der Waals surface area contributed by atoms with Crippen LogP contribution in [0.5, 0.6) is 0 Å². The zero-order chi connectivity index (χ0) is 9.10. The molecular weight excluding hydrogens is 158 g/mol. The third-order valence-electron chi connectivity index (χ3n) is 3.89. The molecule has 0 radical (unpaired) electrons. The van der Waals surface area contributed by atoms with Gasteiger partial charge in [0.15, 0.2) is 0 Å². The van der Waals surface area contributed by atoms with Crippen LogP contribution in [0.3, 0.4) is 0 Å². The molecule has 0 bridgehead atoms. The predicted molar refractivity (Wildman–Crippen MR) is 56.8 cm³/mol. The standard InChI is InChI=1S/C12H23N/c1-2-3-4-5-8-13-9-11-6-7-12(11)10-13/h11-12H,2-10H2,1H3. The molecular formula is C12H23N. The second-order valence-corrected chi connectivity index (χ2v) is 4.92. The van der Waals surface area contributed by atoms with Crippen LogP contribution in [0, 0.1) is 11.8 Å². The van der Waals surface area contributed by atoms with Gasteiger partial charge in [-0.1, -0.05) is 26.2 Å². The number of unbranched alkanes of at least 4 members (excludes halogenated alkanes) is 3. The zero-order valence-electron chi connectivity index (χ0n) is 8.97. The Balaban J connectivity index is 1.55. The van der Waals surface area contributed by atoms with Gasteiger partial charge in [-0.25, -0.2) is 0 Å². The highest BCUT2D eigenvalue weighted by Gasteiger charge is 2.38. The Morgan fingerprint density at radius 2 is 1.69 bits per heavy atom. The Hall–Kier alpha value is -0.0400. The van der Waals surface area contributed by atoms with E-state index in [1.165, 1.54) is 58.2 Å². The van der Waals surface area contributed by atoms with Crippen molar-refractivity contribution in [2.45, 2.75) is 45.4 Å². The largest absolute Gasteiger partial charge is 0.303 e. The molecule has 2 aliphatic rings. The minimum absolute atomic E-state index is 1.10. The van der Waals surface area contributed by atoms with Crippen LogP contribution in [0.25, 0.3) is 0 Å². The lowest BCUT2D eigenvalue weighted by Gasteiger charge is -2.28. The summed E-state index contributed by atoms with van der Waals surface area (Å²) in [6, 6.07) is 0. The van der Waals surface area contributed by atoms with Gasteiger partial charge in [-0.3, -0.25) is 0 Å². The maximum atomic E-state index is 2.71. The summed E-state index contributed by atoms with van der Waals surface area (Å²) in [5.41, 5.74) is 0. The molecule has 76 valence electrons. The molecule has 1 nitrogen and oxygen atoms in total. The number of hydrogen-bond acceptors (Lipinski definition) is 1. The molecule has 0 N–H and O–H groups in total. The van der Waals surface area contributed by atoms with Crippen LogP contribution >= 0.6 is 0 Å². The molecule has 1 heteroatoms. The van der Waals surface area contributed by atoms with Crippen molar-refractivity contribution in [3.05, 3.63) is 0 Å². The smallest absolute Gasteiger partial charge is 0.00129 e. The zero-order valence-corrected chi connectivity index (χ0v) is 8.97. The second kappa shape index (κ2) is 4.45. The van der Waals surface area contributed by atoms with Crippen molar-refractivity contribution >= 4 is 0 Å². The molecule has 0 spiro atoms. The van der Waals surface area contributed by atoms with Crippen LogP contribution in [0.2, 0.25) is 0 Å². The van der Waals surface area contributed by atoms with Crippen LogP contribution in [0.1, 0.15) is 45.4 Å². The first-order chi connectivity index (χ1) is 6.40. The molecule has 13 heavy (non-hydrogen) atoms. The van der Waals surface area contributed by atoms with Gasteiger partial charge in [0.25, 0.3) is 0 Å². The first kappa shape index (κ1) is 9.51. The van der Waals surface area contributed by atoms with Gasteiger partial charge < -0.3 is 4.90 Å². The van der Waals surface area contributed by atoms with E-state index in [-0.39, 0.29) is 0 Å². The van der Waals surface area contributed by atoms with Gasteiger partial charge in [0.2, 0.25) is 0 Å². The maximum Gasteiger partial charge on any atom is 0.00129 e. The lowest BCUT2D eigenvalue weighted by Crippen LogP contribution is -2.22. The molecule has 1 heterocycles. The number of nitrogens with zero attached hydrogens (tertiary/aromatic N) is 1. The average Bonchev–Trinajstić information content (AvgIpc) is 2.38. The van der Waals surface area contributed by atoms with Gasteiger partial charge in [0.1, 0.15) is 0 Å². The number of fused-ring (bicyclic) bond motifs is 1. The first-order valence-corrected chi connectivity index (χ1v) is 6.12. The summed E-state index contributed by atoms with van der Waals surface area (Å²) in [4.78, 5) is 2.71. The van der Waals surface area contributed by atoms with E-state index in [4.69, 9.17) is 0 Å². The lowest BCUT2D eigenvalue weighted by molar-refractivity contribution is 0.243. The highest BCUT2D eigenvalue weighted by molar-refractivity contribution is 4.91. The van der Waals surface area contributed by atoms with E-state index in [0.717, 1.165) is 11.8 Å². The maximum absolute atomic E-state index is 2.71. The minimum atomic E-state index is 1.10. The van der Waals surface area contributed by atoms with Gasteiger partial charge >= 0.3 is 0 Å². The summed E-state index contributed by atoms with van der Waals surface area (Å²) in [5.74, 6) is 2.21. The molecule has 1 saturated carbocycles. The molecule has 2 rings (SSSR count). The van der Waals surface area contributed by atoms with E-state index in [9.17, 15) is 0 Å². The Kier molecular flexibility index (Phi) is 3.26. The predicted octanol–water partition coefficient (Wildman–Crippen LogP) is 2.91. The lowest BCUT2D eigenvalue weighted by atomic mass is 9.77. The van der Waals surface area contributed by atoms with Gasteiger partial charge in [-0.05, 0) is 37.6 Å². The molecule has 0 aromatic heterocycles. The fraction of sp³-hybridized carbons (Fsp3) is 1.00. The molecule has 1 aliphatic heterocycles. The Labute approximate surface area is 82.5 Å². The van der Waals surface area contributed by atoms with Crippen molar-refractivity contribution in [2.75, 3.05) is 19.6 Å². The van der Waals surface area contributed by atoms with E-state index in [2.05, 4.69) is 11.8 Å². The van der Waals surface area contributed by atoms with E-state index >= 15 is 0 Å². The fourth-order valence-corrected chi connectivity index (χ4v) is 2.80. The molecule has 2 atom stereocenters. The van der Waals surface area contributed by atoms with Gasteiger partial charge in [0.05, 0.1) is 0 Å². The SMILES string of the molecule is CCCCCCN1CC2CCC2C1. The molecule has 0 aromatic rings. The van der Waals surface area contributed by atoms with Crippen molar-refractivity contribution in [3.8, 4) is 0 Å². The fourth-order valence-electron chi connectivity index (χ4n) is 2.80. The summed E-state index contributed by atoms with van der Waals surface area (Å²) >= 11 is 0. The summed E-state index contributed by atoms with van der Waals surface area (Å²) in [7, 11) is 0. The quantitative estimate of drug-likeness (QED) is 0.589. The number of rotatable bonds is 5. The van der Waals surface area contributed by atoms with Gasteiger partial charge in [-0.15, -0.1) is 0 Å². The molecule has 1 aliphatic carbocycles. The third kappa shape index (κ3) is 2.25. The summed E-state index contributed by atoms with van der Waals surface area (Å²) in [6.45, 7) is 6.52. The molecule has 0 amide bonds. The van der Waals surface area contributed by atoms with Crippen molar-refractivity contribution in [3.63, 3.8) is 0 Å². The molecule has 2 unspecified atom stereocenters. The van der Waals surface area contributed by atoms with Crippen LogP contribution in [-0.2, 0) is 0 Å². The van der Waals surface area contributed by atoms with Crippen molar-refractivity contribution in [1.29, 1.82) is 0 Å². The highest BCUT2D eigenvalue weighted by Crippen LogP contribution is 2.40. The third-order valence-corrected chi connectivity index (χ3v) is 3.89. The van der Waals surface area contributed by atoms with Crippen LogP contribution in [0.15, 0.2) is 0 Å². The van der Waals surface area contributed by atoms with Gasteiger partial charge in [0, 0.05) is 13.1 Å². The Morgan fingerprint density at radius 3 is 2.23 bits per heavy atom. The van der Waals surface area contributed by atoms with Crippen molar-refractivity contribution in [2.24, 2.45) is 11.8 Å². The van der Waals surface area contributed by atoms with Crippen LogP contribution < -0.4 is 0 Å². The van der Waals surface area contributed by atoms with E-state index in [0.29, 0.717) is 0 Å². The Morgan fingerprint density at radius 1 is 1.00 bits per heavy atom. The second-order valence-electron chi connectivity index (χ2n) is 4.92. The summed E-state index contributed by atoms with van der Waals surface area (Å²) < 4.78 is 0. The summed E-state index contributed by atoms with van der Waals surface area (Å²) in [5, 5.41) is 0. The molecule has 2 fully saturated rings. The number of likely N-dealkylation sites (tertiary alicyclic amines) is 1. The summed E-state index contributed by atoms with van der Waals surface area (Å²) in [6.07, 6.45) is 8.73. The van der Waals surface area contributed by atoms with E-state index in [1.807, 2.05) is 0 Å². The first-order valence-electron chi connectivity index (χ1n) is 6.12. The van der Waals surface area contributed by atoms with E-state index in [1.54, 1.807) is 0 Å². The minimum Gasteiger partial charge on any atom is -0.303 e. The van der Waals surface area contributed by atoms with Gasteiger partial charge in [-0.2, -0.15) is 0 Å². The van der Waals surface area contributed by atoms with Crippen LogP contribution in [-0.4, -0.2) is 24.5 Å². The van der Waals surface area contributed by atoms with Crippen molar-refractivity contribution < 1.29 is 0 Å². The normalized spacial score (nSPS) is 33.0.